The quantitative estimate of drug-likeness (QED) is 0.414. The molecule has 4 rings (SSSR count). The third-order valence-corrected chi connectivity index (χ3v) is 5.50. The maximum Gasteiger partial charge on any atom is 0.270 e. The molecular formula is C24H21ClF2N4O2. The molecule has 1 unspecified atom stereocenters. The number of aryl methyl sites for hydroxylation is 1. The van der Waals surface area contributed by atoms with Gasteiger partial charge in [-0.3, -0.25) is 9.20 Å². The van der Waals surface area contributed by atoms with Crippen molar-refractivity contribution in [3.8, 4) is 5.75 Å². The molecule has 1 amide bonds. The number of carbonyl (C=O) groups is 1. The van der Waals surface area contributed by atoms with Crippen LogP contribution in [0, 0.1) is 18.6 Å². The number of ether oxygens (including phenoxy) is 1. The molecule has 0 saturated carbocycles. The number of rotatable bonds is 7. The Kier molecular flexibility index (Phi) is 6.57. The number of fused-ring (bicyclic) bond motifs is 1. The first kappa shape index (κ1) is 22.7. The van der Waals surface area contributed by atoms with Crippen molar-refractivity contribution in [2.75, 3.05) is 6.54 Å². The van der Waals surface area contributed by atoms with E-state index in [0.717, 1.165) is 5.56 Å². The summed E-state index contributed by atoms with van der Waals surface area (Å²) in [6, 6.07) is 13.5. The standard InChI is InChI=1S/C24H21ClF2N4O2/c1-14-22(24(32)30-20(12-28)15-7-9-16(25)10-8-15)31-11-3-6-21(23(31)29-14)33-13-17-18(26)4-2-5-19(17)27/h2-11,20H,12-13,28H2,1H3,(H,30,32). The highest BCUT2D eigenvalue weighted by atomic mass is 35.5. The van der Waals surface area contributed by atoms with Crippen LogP contribution in [0.25, 0.3) is 5.65 Å². The van der Waals surface area contributed by atoms with Crippen LogP contribution in [0.4, 0.5) is 8.78 Å². The van der Waals surface area contributed by atoms with Crippen LogP contribution in [-0.4, -0.2) is 21.8 Å². The van der Waals surface area contributed by atoms with E-state index < -0.39 is 17.7 Å². The molecule has 170 valence electrons. The summed E-state index contributed by atoms with van der Waals surface area (Å²) in [7, 11) is 0. The van der Waals surface area contributed by atoms with E-state index in [0.29, 0.717) is 22.1 Å². The Hall–Kier alpha value is -3.49. The number of hydrogen-bond donors (Lipinski definition) is 2. The minimum Gasteiger partial charge on any atom is -0.485 e. The number of hydrogen-bond acceptors (Lipinski definition) is 4. The SMILES string of the molecule is Cc1nc2c(OCc3c(F)cccc3F)cccn2c1C(=O)NC(CN)c1ccc(Cl)cc1. The van der Waals surface area contributed by atoms with Crippen molar-refractivity contribution in [2.45, 2.75) is 19.6 Å². The number of amides is 1. The first-order chi connectivity index (χ1) is 15.9. The highest BCUT2D eigenvalue weighted by molar-refractivity contribution is 6.30. The van der Waals surface area contributed by atoms with Gasteiger partial charge in [0.2, 0.25) is 0 Å². The minimum atomic E-state index is -0.698. The summed E-state index contributed by atoms with van der Waals surface area (Å²) in [6.45, 7) is 1.56. The van der Waals surface area contributed by atoms with E-state index in [-0.39, 0.29) is 30.4 Å². The molecule has 0 fully saturated rings. The van der Waals surface area contributed by atoms with Gasteiger partial charge in [0.25, 0.3) is 5.91 Å². The van der Waals surface area contributed by atoms with Crippen molar-refractivity contribution in [1.29, 1.82) is 0 Å². The molecule has 0 aliphatic heterocycles. The van der Waals surface area contributed by atoms with Gasteiger partial charge < -0.3 is 15.8 Å². The van der Waals surface area contributed by atoms with Crippen LogP contribution >= 0.6 is 11.6 Å². The lowest BCUT2D eigenvalue weighted by Crippen LogP contribution is -2.34. The summed E-state index contributed by atoms with van der Waals surface area (Å²) >= 11 is 5.95. The molecule has 0 spiro atoms. The van der Waals surface area contributed by atoms with Gasteiger partial charge in [0.05, 0.1) is 17.3 Å². The third-order valence-electron chi connectivity index (χ3n) is 5.25. The van der Waals surface area contributed by atoms with E-state index in [1.165, 1.54) is 18.2 Å². The summed E-state index contributed by atoms with van der Waals surface area (Å²) < 4.78 is 35.1. The van der Waals surface area contributed by atoms with Gasteiger partial charge in [-0.25, -0.2) is 13.8 Å². The highest BCUT2D eigenvalue weighted by Gasteiger charge is 2.22. The van der Waals surface area contributed by atoms with Crippen molar-refractivity contribution in [3.05, 3.63) is 100.0 Å². The van der Waals surface area contributed by atoms with Crippen LogP contribution in [0.15, 0.2) is 60.8 Å². The third kappa shape index (κ3) is 4.67. The number of carbonyl (C=O) groups excluding carboxylic acids is 1. The van der Waals surface area contributed by atoms with Crippen LogP contribution in [0.1, 0.15) is 33.4 Å². The summed E-state index contributed by atoms with van der Waals surface area (Å²) in [6.07, 6.45) is 1.67. The van der Waals surface area contributed by atoms with E-state index >= 15 is 0 Å². The van der Waals surface area contributed by atoms with Gasteiger partial charge in [-0.05, 0) is 48.9 Å². The molecule has 0 bridgehead atoms. The molecule has 2 aromatic heterocycles. The fourth-order valence-electron chi connectivity index (χ4n) is 3.56. The number of imidazole rings is 1. The Morgan fingerprint density at radius 2 is 1.85 bits per heavy atom. The first-order valence-corrected chi connectivity index (χ1v) is 10.6. The fraction of sp³-hybridized carbons (Fsp3) is 0.167. The molecule has 6 nitrogen and oxygen atoms in total. The molecule has 2 aromatic carbocycles. The van der Waals surface area contributed by atoms with Crippen molar-refractivity contribution in [1.82, 2.24) is 14.7 Å². The number of nitrogens with one attached hydrogen (secondary N) is 1. The van der Waals surface area contributed by atoms with Gasteiger partial charge in [-0.2, -0.15) is 0 Å². The lowest BCUT2D eigenvalue weighted by Gasteiger charge is -2.17. The lowest BCUT2D eigenvalue weighted by atomic mass is 10.1. The monoisotopic (exact) mass is 470 g/mol. The summed E-state index contributed by atoms with van der Waals surface area (Å²) in [5.41, 5.74) is 7.64. The molecule has 0 saturated heterocycles. The van der Waals surface area contributed by atoms with E-state index in [9.17, 15) is 13.6 Å². The smallest absolute Gasteiger partial charge is 0.270 e. The normalized spacial score (nSPS) is 12.0. The molecular weight excluding hydrogens is 450 g/mol. The molecule has 2 heterocycles. The average molecular weight is 471 g/mol. The Morgan fingerprint density at radius 3 is 2.52 bits per heavy atom. The molecule has 33 heavy (non-hydrogen) atoms. The van der Waals surface area contributed by atoms with Gasteiger partial charge in [-0.1, -0.05) is 29.8 Å². The van der Waals surface area contributed by atoms with Crippen LogP contribution < -0.4 is 15.8 Å². The van der Waals surface area contributed by atoms with Crippen molar-refractivity contribution >= 4 is 23.2 Å². The topological polar surface area (TPSA) is 81.7 Å². The van der Waals surface area contributed by atoms with E-state index in [1.54, 1.807) is 53.9 Å². The molecule has 3 N–H and O–H groups in total. The van der Waals surface area contributed by atoms with Crippen LogP contribution in [-0.2, 0) is 6.61 Å². The number of pyridine rings is 1. The van der Waals surface area contributed by atoms with Crippen molar-refractivity contribution < 1.29 is 18.3 Å². The van der Waals surface area contributed by atoms with Crippen LogP contribution in [0.2, 0.25) is 5.02 Å². The molecule has 1 atom stereocenters. The largest absolute Gasteiger partial charge is 0.485 e. The van der Waals surface area contributed by atoms with Crippen LogP contribution in [0.5, 0.6) is 5.75 Å². The fourth-order valence-corrected chi connectivity index (χ4v) is 3.69. The van der Waals surface area contributed by atoms with Crippen molar-refractivity contribution in [2.24, 2.45) is 5.73 Å². The molecule has 4 aromatic rings. The highest BCUT2D eigenvalue weighted by Crippen LogP contribution is 2.25. The zero-order chi connectivity index (χ0) is 23.5. The second-order valence-corrected chi connectivity index (χ2v) is 7.85. The Balaban J connectivity index is 1.60. The second-order valence-electron chi connectivity index (χ2n) is 7.41. The average Bonchev–Trinajstić information content (AvgIpc) is 3.14. The van der Waals surface area contributed by atoms with Gasteiger partial charge >= 0.3 is 0 Å². The Bertz CT molecular complexity index is 1290. The predicted molar refractivity (Wildman–Crippen MR) is 121 cm³/mol. The van der Waals surface area contributed by atoms with Gasteiger partial charge in [0, 0.05) is 17.8 Å². The predicted octanol–water partition coefficient (Wildman–Crippen LogP) is 4.58. The number of halogens is 3. The van der Waals surface area contributed by atoms with Crippen LogP contribution in [0.3, 0.4) is 0 Å². The summed E-state index contributed by atoms with van der Waals surface area (Å²) in [5, 5.41) is 3.51. The van der Waals surface area contributed by atoms with Gasteiger partial charge in [0.1, 0.15) is 23.9 Å². The van der Waals surface area contributed by atoms with Gasteiger partial charge in [-0.15, -0.1) is 0 Å². The second kappa shape index (κ2) is 9.56. The molecule has 0 aliphatic carbocycles. The Morgan fingerprint density at radius 1 is 1.15 bits per heavy atom. The molecule has 0 aliphatic rings. The molecule has 0 radical (unpaired) electrons. The number of nitrogens with zero attached hydrogens (tertiary/aromatic N) is 2. The first-order valence-electron chi connectivity index (χ1n) is 10.2. The number of nitrogens with two attached hydrogens (primary N) is 1. The van der Waals surface area contributed by atoms with Gasteiger partial charge in [0.15, 0.2) is 11.4 Å². The van der Waals surface area contributed by atoms with E-state index in [1.807, 2.05) is 0 Å². The Labute approximate surface area is 194 Å². The number of aromatic nitrogens is 2. The molecule has 9 heteroatoms. The maximum absolute atomic E-state index is 13.9. The maximum atomic E-state index is 13.9. The zero-order valence-corrected chi connectivity index (χ0v) is 18.4. The van der Waals surface area contributed by atoms with Crippen molar-refractivity contribution in [3.63, 3.8) is 0 Å². The zero-order valence-electron chi connectivity index (χ0n) is 17.7. The number of benzene rings is 2. The summed E-state index contributed by atoms with van der Waals surface area (Å²) in [4.78, 5) is 17.6. The summed E-state index contributed by atoms with van der Waals surface area (Å²) in [5.74, 6) is -1.48. The van der Waals surface area contributed by atoms with E-state index in [2.05, 4.69) is 10.3 Å². The van der Waals surface area contributed by atoms with E-state index in [4.69, 9.17) is 22.1 Å². The lowest BCUT2D eigenvalue weighted by molar-refractivity contribution is 0.0931. The minimum absolute atomic E-state index is 0.186.